The lowest BCUT2D eigenvalue weighted by Crippen LogP contribution is -2.40. The molecule has 3 heterocycles. The zero-order chi connectivity index (χ0) is 15.5. The number of rotatable bonds is 4. The number of hydrogen-bond acceptors (Lipinski definition) is 4. The molecule has 0 aliphatic carbocycles. The molecule has 3 rings (SSSR count). The molecule has 1 aliphatic rings. The summed E-state index contributed by atoms with van der Waals surface area (Å²) in [6.07, 6.45) is 4.35. The van der Waals surface area contributed by atoms with Crippen LogP contribution in [0.25, 0.3) is 0 Å². The van der Waals surface area contributed by atoms with Crippen molar-refractivity contribution >= 4 is 17.2 Å². The number of hydrogen-bond donors (Lipinski definition) is 1. The Morgan fingerprint density at radius 3 is 3.09 bits per heavy atom. The van der Waals surface area contributed by atoms with Crippen LogP contribution in [0.4, 0.5) is 0 Å². The summed E-state index contributed by atoms with van der Waals surface area (Å²) < 4.78 is 0. The molecule has 1 saturated heterocycles. The number of nitrogens with zero attached hydrogens (tertiary/aromatic N) is 3. The maximum atomic E-state index is 12.5. The molecular formula is C16H22N4OS. The minimum absolute atomic E-state index is 0.185. The van der Waals surface area contributed by atoms with Crippen LogP contribution in [0.3, 0.4) is 0 Å². The van der Waals surface area contributed by atoms with Crippen LogP contribution in [-0.4, -0.2) is 39.1 Å². The molecule has 6 heteroatoms. The van der Waals surface area contributed by atoms with Crippen molar-refractivity contribution in [2.45, 2.75) is 44.9 Å². The number of H-pyrrole nitrogens is 1. The highest BCUT2D eigenvalue weighted by Crippen LogP contribution is 2.26. The fourth-order valence-electron chi connectivity index (χ4n) is 2.89. The maximum Gasteiger partial charge on any atom is 0.228 e. The lowest BCUT2D eigenvalue weighted by molar-refractivity contribution is -0.131. The van der Waals surface area contributed by atoms with E-state index in [1.54, 1.807) is 17.5 Å². The third-order valence-electron chi connectivity index (χ3n) is 4.13. The molecule has 22 heavy (non-hydrogen) atoms. The first kappa shape index (κ1) is 15.2. The highest BCUT2D eigenvalue weighted by Gasteiger charge is 2.26. The normalized spacial score (nSPS) is 18.9. The fourth-order valence-corrected chi connectivity index (χ4v) is 3.72. The molecular weight excluding hydrogens is 296 g/mol. The minimum atomic E-state index is 0.185. The van der Waals surface area contributed by atoms with Gasteiger partial charge in [-0.3, -0.25) is 9.89 Å². The maximum absolute atomic E-state index is 12.5. The molecule has 118 valence electrons. The molecule has 1 amide bonds. The molecule has 2 aromatic heterocycles. The van der Waals surface area contributed by atoms with Crippen molar-refractivity contribution in [3.05, 3.63) is 34.0 Å². The Morgan fingerprint density at radius 1 is 1.55 bits per heavy atom. The van der Waals surface area contributed by atoms with Crippen LogP contribution in [0, 0.1) is 0 Å². The van der Waals surface area contributed by atoms with Crippen molar-refractivity contribution in [1.82, 2.24) is 20.1 Å². The van der Waals surface area contributed by atoms with Crippen LogP contribution in [0.5, 0.6) is 0 Å². The van der Waals surface area contributed by atoms with E-state index in [0.29, 0.717) is 18.3 Å². The van der Waals surface area contributed by atoms with Gasteiger partial charge in [0.25, 0.3) is 0 Å². The Labute approximate surface area is 134 Å². The lowest BCUT2D eigenvalue weighted by atomic mass is 9.94. The van der Waals surface area contributed by atoms with Gasteiger partial charge in [0.1, 0.15) is 0 Å². The molecule has 0 unspecified atom stereocenters. The van der Waals surface area contributed by atoms with Gasteiger partial charge in [0.05, 0.1) is 17.1 Å². The molecule has 0 spiro atoms. The summed E-state index contributed by atoms with van der Waals surface area (Å²) in [5, 5.41) is 10.2. The highest BCUT2D eigenvalue weighted by atomic mass is 32.1. The van der Waals surface area contributed by atoms with Gasteiger partial charge in [0.2, 0.25) is 5.91 Å². The summed E-state index contributed by atoms with van der Waals surface area (Å²) in [4.78, 5) is 19.1. The molecule has 2 aromatic rings. The SMILES string of the molecule is CC(C)c1nc(CC(=O)N2CCC[C@H](c3ccn[nH]3)C2)cs1. The zero-order valence-electron chi connectivity index (χ0n) is 13.1. The van der Waals surface area contributed by atoms with E-state index < -0.39 is 0 Å². The molecule has 0 radical (unpaired) electrons. The number of amides is 1. The van der Waals surface area contributed by atoms with Crippen molar-refractivity contribution < 1.29 is 4.79 Å². The molecule has 1 aliphatic heterocycles. The van der Waals surface area contributed by atoms with E-state index in [1.807, 2.05) is 16.3 Å². The minimum Gasteiger partial charge on any atom is -0.342 e. The van der Waals surface area contributed by atoms with Gasteiger partial charge in [-0.15, -0.1) is 11.3 Å². The molecule has 1 fully saturated rings. The average molecular weight is 318 g/mol. The second-order valence-corrected chi connectivity index (χ2v) is 7.09. The largest absolute Gasteiger partial charge is 0.342 e. The number of thiazole rings is 1. The quantitative estimate of drug-likeness (QED) is 0.943. The molecule has 5 nitrogen and oxygen atoms in total. The standard InChI is InChI=1S/C16H22N4OS/c1-11(2)16-18-13(10-22-16)8-15(21)20-7-3-4-12(9-20)14-5-6-17-19-14/h5-6,10-12H,3-4,7-9H2,1-2H3,(H,17,19)/t12-/m0/s1. The molecule has 0 bridgehead atoms. The number of carbonyl (C=O) groups is 1. The van der Waals surface area contributed by atoms with Crippen molar-refractivity contribution in [3.8, 4) is 0 Å². The van der Waals surface area contributed by atoms with Crippen LogP contribution in [0.1, 0.15) is 54.9 Å². The Kier molecular flexibility index (Phi) is 4.57. The van der Waals surface area contributed by atoms with Gasteiger partial charge in [-0.25, -0.2) is 4.98 Å². The topological polar surface area (TPSA) is 61.9 Å². The van der Waals surface area contributed by atoms with E-state index in [4.69, 9.17) is 0 Å². The van der Waals surface area contributed by atoms with Gasteiger partial charge in [-0.1, -0.05) is 13.8 Å². The first-order valence-electron chi connectivity index (χ1n) is 7.85. The summed E-state index contributed by atoms with van der Waals surface area (Å²) in [6, 6.07) is 2.01. The predicted octanol–water partition coefficient (Wildman–Crippen LogP) is 2.94. The van der Waals surface area contributed by atoms with Gasteiger partial charge in [0.15, 0.2) is 0 Å². The first-order chi connectivity index (χ1) is 10.6. The van der Waals surface area contributed by atoms with E-state index in [1.165, 1.54) is 0 Å². The number of carbonyl (C=O) groups excluding carboxylic acids is 1. The van der Waals surface area contributed by atoms with E-state index in [2.05, 4.69) is 29.0 Å². The van der Waals surface area contributed by atoms with Crippen molar-refractivity contribution in [2.75, 3.05) is 13.1 Å². The monoisotopic (exact) mass is 318 g/mol. The highest BCUT2D eigenvalue weighted by molar-refractivity contribution is 7.09. The molecule has 1 N–H and O–H groups in total. The summed E-state index contributed by atoms with van der Waals surface area (Å²) in [7, 11) is 0. The Balaban J connectivity index is 1.61. The van der Waals surface area contributed by atoms with Gasteiger partial charge < -0.3 is 4.90 Å². The van der Waals surface area contributed by atoms with Crippen LogP contribution in [0.15, 0.2) is 17.6 Å². The molecule has 0 saturated carbocycles. The van der Waals surface area contributed by atoms with Gasteiger partial charge in [0, 0.05) is 42.2 Å². The zero-order valence-corrected chi connectivity index (χ0v) is 13.9. The van der Waals surface area contributed by atoms with E-state index >= 15 is 0 Å². The number of piperidine rings is 1. The number of aromatic nitrogens is 3. The van der Waals surface area contributed by atoms with Crippen molar-refractivity contribution in [3.63, 3.8) is 0 Å². The number of nitrogens with one attached hydrogen (secondary N) is 1. The van der Waals surface area contributed by atoms with Crippen LogP contribution in [0.2, 0.25) is 0 Å². The summed E-state index contributed by atoms with van der Waals surface area (Å²) in [5.74, 6) is 0.986. The summed E-state index contributed by atoms with van der Waals surface area (Å²) >= 11 is 1.65. The number of likely N-dealkylation sites (tertiary alicyclic amines) is 1. The van der Waals surface area contributed by atoms with E-state index in [9.17, 15) is 4.79 Å². The average Bonchev–Trinajstić information content (AvgIpc) is 3.19. The Hall–Kier alpha value is -1.69. The summed E-state index contributed by atoms with van der Waals surface area (Å²) in [5.41, 5.74) is 2.04. The summed E-state index contributed by atoms with van der Waals surface area (Å²) in [6.45, 7) is 5.89. The fraction of sp³-hybridized carbons (Fsp3) is 0.562. The van der Waals surface area contributed by atoms with Crippen LogP contribution in [-0.2, 0) is 11.2 Å². The van der Waals surface area contributed by atoms with Gasteiger partial charge in [-0.2, -0.15) is 5.10 Å². The molecule has 1 atom stereocenters. The third-order valence-corrected chi connectivity index (χ3v) is 5.33. The third kappa shape index (κ3) is 3.38. The Bertz CT molecular complexity index is 620. The Morgan fingerprint density at radius 2 is 2.41 bits per heavy atom. The first-order valence-corrected chi connectivity index (χ1v) is 8.73. The van der Waals surface area contributed by atoms with Crippen molar-refractivity contribution in [2.24, 2.45) is 0 Å². The van der Waals surface area contributed by atoms with Gasteiger partial charge >= 0.3 is 0 Å². The predicted molar refractivity (Wildman–Crippen MR) is 87.0 cm³/mol. The second-order valence-electron chi connectivity index (χ2n) is 6.20. The smallest absolute Gasteiger partial charge is 0.228 e. The van der Waals surface area contributed by atoms with E-state index in [0.717, 1.165) is 42.3 Å². The van der Waals surface area contributed by atoms with Crippen LogP contribution < -0.4 is 0 Å². The number of aromatic amines is 1. The van der Waals surface area contributed by atoms with E-state index in [-0.39, 0.29) is 5.91 Å². The lowest BCUT2D eigenvalue weighted by Gasteiger charge is -2.32. The van der Waals surface area contributed by atoms with Gasteiger partial charge in [-0.05, 0) is 18.9 Å². The van der Waals surface area contributed by atoms with Crippen molar-refractivity contribution in [1.29, 1.82) is 0 Å². The molecule has 0 aromatic carbocycles. The van der Waals surface area contributed by atoms with Crippen LogP contribution >= 0.6 is 11.3 Å². The second kappa shape index (κ2) is 6.60.